The highest BCUT2D eigenvalue weighted by Crippen LogP contribution is 2.31. The molecule has 3 rings (SSSR count). The van der Waals surface area contributed by atoms with E-state index in [-0.39, 0.29) is 23.7 Å². The molecule has 0 heterocycles. The van der Waals surface area contributed by atoms with E-state index in [1.165, 1.54) is 24.1 Å². The Labute approximate surface area is 155 Å². The van der Waals surface area contributed by atoms with E-state index in [1.807, 2.05) is 18.2 Å². The lowest BCUT2D eigenvalue weighted by atomic mass is 9.81. The van der Waals surface area contributed by atoms with Crippen LogP contribution in [0.1, 0.15) is 50.5 Å². The highest BCUT2D eigenvalue weighted by Gasteiger charge is 2.33. The van der Waals surface area contributed by atoms with Crippen molar-refractivity contribution in [2.75, 3.05) is 7.05 Å². The first-order valence-electron chi connectivity index (χ1n) is 9.61. The van der Waals surface area contributed by atoms with E-state index in [4.69, 9.17) is 10.5 Å². The molecule has 0 bridgehead atoms. The molecule has 2 aliphatic rings. The fourth-order valence-electron chi connectivity index (χ4n) is 3.71. The van der Waals surface area contributed by atoms with Crippen molar-refractivity contribution in [2.45, 2.75) is 63.6 Å². The van der Waals surface area contributed by atoms with Gasteiger partial charge in [-0.15, -0.1) is 0 Å². The van der Waals surface area contributed by atoms with Crippen molar-refractivity contribution < 1.29 is 13.9 Å². The fourth-order valence-corrected chi connectivity index (χ4v) is 3.71. The van der Waals surface area contributed by atoms with Gasteiger partial charge >= 0.3 is 0 Å². The molecule has 2 N–H and O–H groups in total. The molecular formula is C21H29FN2O2. The standard InChI is InChI=1S/C21H29FN2O2/c1-24(19-3-2-4-19)21(25)20(23)17-9-5-15(6-10-17)13-26-14-16-7-11-18(22)12-8-16/h7-8,11-13,17,19-20H,2-6,9-10,14,23H2,1H3/t17?,20-/m0/s1. The Morgan fingerprint density at radius 2 is 1.92 bits per heavy atom. The Balaban J connectivity index is 1.42. The number of halogens is 1. The molecule has 5 heteroatoms. The van der Waals surface area contributed by atoms with Crippen molar-refractivity contribution in [3.63, 3.8) is 0 Å². The minimum absolute atomic E-state index is 0.0969. The van der Waals surface area contributed by atoms with Gasteiger partial charge in [-0.1, -0.05) is 12.1 Å². The van der Waals surface area contributed by atoms with E-state index in [2.05, 4.69) is 0 Å². The number of nitrogens with two attached hydrogens (primary N) is 1. The summed E-state index contributed by atoms with van der Waals surface area (Å²) in [6, 6.07) is 6.35. The van der Waals surface area contributed by atoms with E-state index in [1.54, 1.807) is 12.1 Å². The number of nitrogens with zero attached hydrogens (tertiary/aromatic N) is 1. The van der Waals surface area contributed by atoms with Crippen LogP contribution in [0.4, 0.5) is 4.39 Å². The smallest absolute Gasteiger partial charge is 0.239 e. The van der Waals surface area contributed by atoms with Crippen LogP contribution in [0.3, 0.4) is 0 Å². The first-order chi connectivity index (χ1) is 12.5. The summed E-state index contributed by atoms with van der Waals surface area (Å²) in [5.74, 6) is 0.109. The summed E-state index contributed by atoms with van der Waals surface area (Å²) < 4.78 is 18.5. The molecule has 2 aliphatic carbocycles. The van der Waals surface area contributed by atoms with Crippen molar-refractivity contribution in [3.8, 4) is 0 Å². The largest absolute Gasteiger partial charge is 0.497 e. The second-order valence-corrected chi connectivity index (χ2v) is 7.61. The van der Waals surface area contributed by atoms with Crippen LogP contribution in [-0.2, 0) is 16.1 Å². The molecular weight excluding hydrogens is 331 g/mol. The average Bonchev–Trinajstić information content (AvgIpc) is 2.61. The van der Waals surface area contributed by atoms with Gasteiger partial charge in [-0.25, -0.2) is 4.39 Å². The lowest BCUT2D eigenvalue weighted by Gasteiger charge is -2.38. The minimum Gasteiger partial charge on any atom is -0.497 e. The summed E-state index contributed by atoms with van der Waals surface area (Å²) in [6.07, 6.45) is 8.95. The van der Waals surface area contributed by atoms with Crippen LogP contribution in [0.25, 0.3) is 0 Å². The monoisotopic (exact) mass is 360 g/mol. The van der Waals surface area contributed by atoms with Crippen molar-refractivity contribution in [1.82, 2.24) is 4.90 Å². The summed E-state index contributed by atoms with van der Waals surface area (Å²) in [6.45, 7) is 0.442. The third kappa shape index (κ3) is 4.64. The number of allylic oxidation sites excluding steroid dienone is 1. The topological polar surface area (TPSA) is 55.6 Å². The quantitative estimate of drug-likeness (QED) is 0.786. The second-order valence-electron chi connectivity index (χ2n) is 7.61. The van der Waals surface area contributed by atoms with Gasteiger partial charge in [-0.3, -0.25) is 4.79 Å². The van der Waals surface area contributed by atoms with Gasteiger partial charge in [0.15, 0.2) is 0 Å². The highest BCUT2D eigenvalue weighted by molar-refractivity contribution is 5.82. The first kappa shape index (κ1) is 18.9. The van der Waals surface area contributed by atoms with Crippen LogP contribution in [0.15, 0.2) is 36.1 Å². The average molecular weight is 360 g/mol. The zero-order valence-corrected chi connectivity index (χ0v) is 15.5. The Kier molecular flexibility index (Phi) is 6.30. The van der Waals surface area contributed by atoms with Gasteiger partial charge in [0.25, 0.3) is 0 Å². The number of hydrogen-bond acceptors (Lipinski definition) is 3. The maximum atomic E-state index is 12.9. The Bertz CT molecular complexity index is 630. The normalized spacial score (nSPS) is 21.7. The van der Waals surface area contributed by atoms with Gasteiger partial charge in [0.1, 0.15) is 12.4 Å². The van der Waals surface area contributed by atoms with Crippen molar-refractivity contribution in [2.24, 2.45) is 11.7 Å². The van der Waals surface area contributed by atoms with E-state index in [9.17, 15) is 9.18 Å². The molecule has 0 saturated heterocycles. The van der Waals surface area contributed by atoms with E-state index in [0.29, 0.717) is 12.6 Å². The molecule has 2 fully saturated rings. The summed E-state index contributed by atoms with van der Waals surface area (Å²) in [4.78, 5) is 14.4. The van der Waals surface area contributed by atoms with Crippen LogP contribution in [0.5, 0.6) is 0 Å². The Morgan fingerprint density at radius 1 is 1.27 bits per heavy atom. The first-order valence-corrected chi connectivity index (χ1v) is 9.61. The van der Waals surface area contributed by atoms with Crippen LogP contribution in [0.2, 0.25) is 0 Å². The summed E-state index contributed by atoms with van der Waals surface area (Å²) in [7, 11) is 1.89. The number of ether oxygens (including phenoxy) is 1. The second kappa shape index (κ2) is 8.67. The summed E-state index contributed by atoms with van der Waals surface area (Å²) in [5, 5.41) is 0. The lowest BCUT2D eigenvalue weighted by Crippen LogP contribution is -2.51. The van der Waals surface area contributed by atoms with E-state index < -0.39 is 0 Å². The molecule has 1 aromatic rings. The molecule has 0 unspecified atom stereocenters. The highest BCUT2D eigenvalue weighted by atomic mass is 19.1. The van der Waals surface area contributed by atoms with E-state index in [0.717, 1.165) is 44.1 Å². The van der Waals surface area contributed by atoms with Gasteiger partial charge in [0, 0.05) is 13.1 Å². The van der Waals surface area contributed by atoms with Gasteiger partial charge in [0.05, 0.1) is 12.3 Å². The molecule has 0 radical (unpaired) electrons. The molecule has 1 aromatic carbocycles. The molecule has 0 aromatic heterocycles. The molecule has 26 heavy (non-hydrogen) atoms. The van der Waals surface area contributed by atoms with Crippen LogP contribution in [0, 0.1) is 11.7 Å². The number of rotatable bonds is 6. The molecule has 1 atom stereocenters. The SMILES string of the molecule is CN(C(=O)[C@@H](N)C1CCC(=COCc2ccc(F)cc2)CC1)C1CCC1. The number of carbonyl (C=O) groups excluding carboxylic acids is 1. The summed E-state index contributed by atoms with van der Waals surface area (Å²) in [5.41, 5.74) is 8.48. The minimum atomic E-state index is -0.387. The third-order valence-corrected chi connectivity index (χ3v) is 5.85. The molecule has 2 saturated carbocycles. The number of amides is 1. The molecule has 0 spiro atoms. The molecule has 142 valence electrons. The fraction of sp³-hybridized carbons (Fsp3) is 0.571. The van der Waals surface area contributed by atoms with E-state index >= 15 is 0 Å². The number of likely N-dealkylation sites (N-methyl/N-ethyl adjacent to an activating group) is 1. The predicted molar refractivity (Wildman–Crippen MR) is 99.6 cm³/mol. The number of benzene rings is 1. The van der Waals surface area contributed by atoms with Gasteiger partial charge < -0.3 is 15.4 Å². The maximum absolute atomic E-state index is 12.9. The third-order valence-electron chi connectivity index (χ3n) is 5.85. The van der Waals surface area contributed by atoms with Crippen molar-refractivity contribution in [1.29, 1.82) is 0 Å². The van der Waals surface area contributed by atoms with Crippen LogP contribution < -0.4 is 5.73 Å². The molecule has 4 nitrogen and oxygen atoms in total. The number of hydrogen-bond donors (Lipinski definition) is 1. The lowest BCUT2D eigenvalue weighted by molar-refractivity contribution is -0.136. The van der Waals surface area contributed by atoms with Crippen molar-refractivity contribution in [3.05, 3.63) is 47.5 Å². The van der Waals surface area contributed by atoms with Crippen molar-refractivity contribution >= 4 is 5.91 Å². The Morgan fingerprint density at radius 3 is 2.50 bits per heavy atom. The van der Waals surface area contributed by atoms with Gasteiger partial charge in [-0.2, -0.15) is 0 Å². The summed E-state index contributed by atoms with van der Waals surface area (Å²) >= 11 is 0. The van der Waals surface area contributed by atoms with Gasteiger partial charge in [-0.05, 0) is 74.1 Å². The Hall–Kier alpha value is -1.88. The van der Waals surface area contributed by atoms with Crippen LogP contribution in [-0.4, -0.2) is 29.9 Å². The zero-order valence-electron chi connectivity index (χ0n) is 15.5. The maximum Gasteiger partial charge on any atom is 0.239 e. The molecule has 0 aliphatic heterocycles. The van der Waals surface area contributed by atoms with Crippen LogP contribution >= 0.6 is 0 Å². The predicted octanol–water partition coefficient (Wildman–Crippen LogP) is 3.75. The number of carbonyl (C=O) groups is 1. The van der Waals surface area contributed by atoms with Gasteiger partial charge in [0.2, 0.25) is 5.91 Å². The molecule has 1 amide bonds. The zero-order chi connectivity index (χ0) is 18.5.